The largest absolute Gasteiger partial charge is 0.240 e. The third-order valence-electron chi connectivity index (χ3n) is 6.10. The van der Waals surface area contributed by atoms with Gasteiger partial charge in [-0.1, -0.05) is 60.1 Å². The van der Waals surface area contributed by atoms with E-state index in [0.717, 1.165) is 31.2 Å². The van der Waals surface area contributed by atoms with Crippen LogP contribution in [0, 0.1) is 11.3 Å². The molecule has 0 atom stereocenters. The molecule has 25 heavy (non-hydrogen) atoms. The monoisotopic (exact) mass is 365 g/mol. The molecule has 1 aromatic rings. The molecule has 0 radical (unpaired) electrons. The molecule has 1 aromatic carbocycles. The first kappa shape index (κ1) is 20.4. The maximum Gasteiger partial charge on any atom is 0.240 e. The van der Waals surface area contributed by atoms with Crippen molar-refractivity contribution in [2.75, 3.05) is 0 Å². The van der Waals surface area contributed by atoms with Gasteiger partial charge in [-0.2, -0.15) is 0 Å². The third-order valence-corrected chi connectivity index (χ3v) is 7.63. The summed E-state index contributed by atoms with van der Waals surface area (Å²) < 4.78 is 28.3. The molecule has 0 heterocycles. The molecule has 1 fully saturated rings. The smallest absolute Gasteiger partial charge is 0.208 e. The van der Waals surface area contributed by atoms with Crippen LogP contribution in [0.2, 0.25) is 0 Å². The van der Waals surface area contributed by atoms with Crippen molar-refractivity contribution >= 4 is 10.0 Å². The van der Waals surface area contributed by atoms with Crippen molar-refractivity contribution in [3.8, 4) is 0 Å². The first-order valence-corrected chi connectivity index (χ1v) is 11.1. The minimum absolute atomic E-state index is 0.0280. The van der Waals surface area contributed by atoms with Crippen molar-refractivity contribution in [2.45, 2.75) is 90.0 Å². The molecule has 1 N–H and O–H groups in total. The molecule has 0 unspecified atom stereocenters. The molecule has 0 aromatic heterocycles. The number of rotatable bonds is 5. The normalized spacial score (nSPS) is 22.8. The van der Waals surface area contributed by atoms with E-state index in [1.807, 2.05) is 12.1 Å². The van der Waals surface area contributed by atoms with Crippen molar-refractivity contribution < 1.29 is 8.42 Å². The predicted octanol–water partition coefficient (Wildman–Crippen LogP) is 5.26. The van der Waals surface area contributed by atoms with Gasteiger partial charge in [0, 0.05) is 6.04 Å². The molecule has 3 nitrogen and oxygen atoms in total. The van der Waals surface area contributed by atoms with E-state index in [1.54, 1.807) is 12.1 Å². The molecule has 0 aliphatic heterocycles. The van der Waals surface area contributed by atoms with Crippen molar-refractivity contribution in [1.82, 2.24) is 4.72 Å². The Labute approximate surface area is 154 Å². The molecule has 0 saturated heterocycles. The van der Waals surface area contributed by atoms with Gasteiger partial charge in [0.15, 0.2) is 0 Å². The van der Waals surface area contributed by atoms with Crippen LogP contribution in [0.3, 0.4) is 0 Å². The van der Waals surface area contributed by atoms with Crippen LogP contribution in [-0.2, 0) is 15.4 Å². The number of hydrogen-bond donors (Lipinski definition) is 1. The topological polar surface area (TPSA) is 46.2 Å². The highest BCUT2D eigenvalue weighted by atomic mass is 32.2. The van der Waals surface area contributed by atoms with E-state index in [4.69, 9.17) is 0 Å². The summed E-state index contributed by atoms with van der Waals surface area (Å²) in [5, 5.41) is 0. The van der Waals surface area contributed by atoms with E-state index in [1.165, 1.54) is 6.42 Å². The second kappa shape index (κ2) is 7.40. The SMILES string of the molecule is CCC(C)(C)C1CCC(NS(=O)(=O)c2ccc(C(C)(C)C)cc2)CC1. The zero-order valence-electron chi connectivity index (χ0n) is 16.7. The fourth-order valence-electron chi connectivity index (χ4n) is 3.70. The quantitative estimate of drug-likeness (QED) is 0.774. The Morgan fingerprint density at radius 1 is 0.960 bits per heavy atom. The van der Waals surface area contributed by atoms with Gasteiger partial charge in [0.25, 0.3) is 0 Å². The van der Waals surface area contributed by atoms with Crippen LogP contribution in [0.5, 0.6) is 0 Å². The maximum absolute atomic E-state index is 12.7. The van der Waals surface area contributed by atoms with Gasteiger partial charge in [-0.3, -0.25) is 0 Å². The van der Waals surface area contributed by atoms with E-state index in [-0.39, 0.29) is 11.5 Å². The lowest BCUT2D eigenvalue weighted by Gasteiger charge is -2.39. The summed E-state index contributed by atoms with van der Waals surface area (Å²) in [4.78, 5) is 0.372. The van der Waals surface area contributed by atoms with Gasteiger partial charge in [0.2, 0.25) is 10.0 Å². The van der Waals surface area contributed by atoms with Crippen LogP contribution in [0.4, 0.5) is 0 Å². The molecule has 1 saturated carbocycles. The fourth-order valence-corrected chi connectivity index (χ4v) is 5.01. The Bertz CT molecular complexity index is 661. The minimum Gasteiger partial charge on any atom is -0.208 e. The fraction of sp³-hybridized carbons (Fsp3) is 0.714. The summed E-state index contributed by atoms with van der Waals surface area (Å²) in [5.41, 5.74) is 1.53. The molecule has 1 aliphatic carbocycles. The Balaban J connectivity index is 2.01. The second-order valence-electron chi connectivity index (χ2n) is 9.29. The summed E-state index contributed by atoms with van der Waals surface area (Å²) in [6, 6.07) is 7.38. The highest BCUT2D eigenvalue weighted by Crippen LogP contribution is 2.40. The van der Waals surface area contributed by atoms with Crippen LogP contribution in [0.1, 0.15) is 79.2 Å². The van der Waals surface area contributed by atoms with E-state index in [9.17, 15) is 8.42 Å². The predicted molar refractivity (Wildman–Crippen MR) is 105 cm³/mol. The number of hydrogen-bond acceptors (Lipinski definition) is 2. The first-order valence-electron chi connectivity index (χ1n) is 9.58. The molecule has 0 bridgehead atoms. The maximum atomic E-state index is 12.7. The second-order valence-corrected chi connectivity index (χ2v) is 11.0. The van der Waals surface area contributed by atoms with E-state index in [2.05, 4.69) is 46.3 Å². The van der Waals surface area contributed by atoms with E-state index < -0.39 is 10.0 Å². The van der Waals surface area contributed by atoms with Gasteiger partial charge in [-0.25, -0.2) is 13.1 Å². The van der Waals surface area contributed by atoms with Crippen LogP contribution in [0.15, 0.2) is 29.2 Å². The van der Waals surface area contributed by atoms with Crippen LogP contribution >= 0.6 is 0 Å². The Hall–Kier alpha value is -0.870. The van der Waals surface area contributed by atoms with E-state index >= 15 is 0 Å². The lowest BCUT2D eigenvalue weighted by atomic mass is 9.69. The number of nitrogens with one attached hydrogen (secondary N) is 1. The minimum atomic E-state index is -3.43. The Kier molecular flexibility index (Phi) is 6.05. The van der Waals surface area contributed by atoms with Crippen LogP contribution in [0.25, 0.3) is 0 Å². The van der Waals surface area contributed by atoms with Crippen molar-refractivity contribution in [1.29, 1.82) is 0 Å². The Morgan fingerprint density at radius 3 is 1.92 bits per heavy atom. The van der Waals surface area contributed by atoms with E-state index in [0.29, 0.717) is 16.2 Å². The highest BCUT2D eigenvalue weighted by Gasteiger charge is 2.33. The number of sulfonamides is 1. The molecular weight excluding hydrogens is 330 g/mol. The van der Waals surface area contributed by atoms with Gasteiger partial charge in [0.05, 0.1) is 4.90 Å². The summed E-state index contributed by atoms with van der Waals surface area (Å²) in [7, 11) is -3.43. The molecule has 4 heteroatoms. The molecule has 142 valence electrons. The molecule has 1 aliphatic rings. The highest BCUT2D eigenvalue weighted by molar-refractivity contribution is 7.89. The average Bonchev–Trinajstić information content (AvgIpc) is 2.54. The molecule has 2 rings (SSSR count). The summed E-state index contributed by atoms with van der Waals surface area (Å²) in [5.74, 6) is 0.698. The zero-order chi connectivity index (χ0) is 18.9. The zero-order valence-corrected chi connectivity index (χ0v) is 17.5. The van der Waals surface area contributed by atoms with Gasteiger partial charge in [0.1, 0.15) is 0 Å². The van der Waals surface area contributed by atoms with Gasteiger partial charge in [-0.15, -0.1) is 0 Å². The summed E-state index contributed by atoms with van der Waals surface area (Å²) in [6.45, 7) is 13.3. The lowest BCUT2D eigenvalue weighted by molar-refractivity contribution is 0.142. The molecule has 0 amide bonds. The molecular formula is C21H35NO2S. The standard InChI is InChI=1S/C21H35NO2S/c1-7-21(5,6)17-8-12-18(13-9-17)22-25(23,24)19-14-10-16(11-15-19)20(2,3)4/h10-11,14-15,17-18,22H,7-9,12-13H2,1-6H3. The van der Waals surface area contributed by atoms with Gasteiger partial charge >= 0.3 is 0 Å². The molecule has 0 spiro atoms. The summed E-state index contributed by atoms with van der Waals surface area (Å²) >= 11 is 0. The van der Waals surface area contributed by atoms with Crippen molar-refractivity contribution in [2.24, 2.45) is 11.3 Å². The summed E-state index contributed by atoms with van der Waals surface area (Å²) in [6.07, 6.45) is 5.27. The van der Waals surface area contributed by atoms with Crippen LogP contribution in [-0.4, -0.2) is 14.5 Å². The van der Waals surface area contributed by atoms with Gasteiger partial charge in [-0.05, 0) is 60.1 Å². The first-order chi connectivity index (χ1) is 11.5. The average molecular weight is 366 g/mol. The Morgan fingerprint density at radius 2 is 1.48 bits per heavy atom. The van der Waals surface area contributed by atoms with Crippen LogP contribution < -0.4 is 4.72 Å². The number of benzene rings is 1. The lowest BCUT2D eigenvalue weighted by Crippen LogP contribution is -2.39. The van der Waals surface area contributed by atoms with Gasteiger partial charge < -0.3 is 0 Å². The third kappa shape index (κ3) is 5.07. The van der Waals surface area contributed by atoms with Crippen molar-refractivity contribution in [3.63, 3.8) is 0 Å². The van der Waals surface area contributed by atoms with Crippen molar-refractivity contribution in [3.05, 3.63) is 29.8 Å².